The van der Waals surface area contributed by atoms with Crippen LogP contribution in [0.15, 0.2) is 60.7 Å². The van der Waals surface area contributed by atoms with E-state index < -0.39 is 37.1 Å². The van der Waals surface area contributed by atoms with Crippen molar-refractivity contribution in [1.29, 1.82) is 0 Å². The predicted octanol–water partition coefficient (Wildman–Crippen LogP) is 1.46. The van der Waals surface area contributed by atoms with Gasteiger partial charge in [0.25, 0.3) is 0 Å². The van der Waals surface area contributed by atoms with Crippen LogP contribution in [0.1, 0.15) is 22.8 Å². The minimum Gasteiger partial charge on any atom is -0.394 e. The Morgan fingerprint density at radius 2 is 1.65 bits per heavy atom. The van der Waals surface area contributed by atoms with Crippen LogP contribution in [0, 0.1) is 0 Å². The van der Waals surface area contributed by atoms with Gasteiger partial charge in [-0.2, -0.15) is 0 Å². The highest BCUT2D eigenvalue weighted by atomic mass is 16.5. The van der Waals surface area contributed by atoms with E-state index in [1.807, 2.05) is 54.6 Å². The molecule has 5 nitrogen and oxygen atoms in total. The monoisotopic (exact) mass is 356 g/mol. The van der Waals surface area contributed by atoms with Crippen molar-refractivity contribution in [3.63, 3.8) is 0 Å². The van der Waals surface area contributed by atoms with E-state index in [9.17, 15) is 20.4 Å². The van der Waals surface area contributed by atoms with Crippen molar-refractivity contribution in [3.8, 4) is 0 Å². The molecule has 1 aliphatic rings. The summed E-state index contributed by atoms with van der Waals surface area (Å²) in [7, 11) is 0. The van der Waals surface area contributed by atoms with Crippen LogP contribution in [0.4, 0.5) is 0 Å². The molecule has 0 bridgehead atoms. The van der Waals surface area contributed by atoms with Gasteiger partial charge in [-0.25, -0.2) is 0 Å². The van der Waals surface area contributed by atoms with Crippen molar-refractivity contribution in [1.82, 2.24) is 0 Å². The fraction of sp³-hybridized carbons (Fsp3) is 0.333. The number of allylic oxidation sites excluding steroid dienone is 1. The van der Waals surface area contributed by atoms with Crippen LogP contribution in [0.5, 0.6) is 0 Å². The molecule has 1 aliphatic heterocycles. The summed E-state index contributed by atoms with van der Waals surface area (Å²) < 4.78 is 5.62. The van der Waals surface area contributed by atoms with Gasteiger partial charge in [-0.05, 0) is 23.1 Å². The summed E-state index contributed by atoms with van der Waals surface area (Å²) in [4.78, 5) is 0. The van der Waals surface area contributed by atoms with Gasteiger partial charge in [0.1, 0.15) is 30.5 Å². The lowest BCUT2D eigenvalue weighted by molar-refractivity contribution is -0.231. The van der Waals surface area contributed by atoms with Gasteiger partial charge in [-0.1, -0.05) is 66.7 Å². The molecule has 0 radical (unpaired) electrons. The first-order valence-electron chi connectivity index (χ1n) is 8.71. The first-order chi connectivity index (χ1) is 12.6. The first-order valence-corrected chi connectivity index (χ1v) is 8.71. The van der Waals surface area contributed by atoms with E-state index in [2.05, 4.69) is 6.08 Å². The van der Waals surface area contributed by atoms with Crippen LogP contribution in [-0.2, 0) is 11.2 Å². The molecule has 0 saturated carbocycles. The maximum Gasteiger partial charge on any atom is 0.113 e. The lowest BCUT2D eigenvalue weighted by Gasteiger charge is -2.40. The highest BCUT2D eigenvalue weighted by molar-refractivity contribution is 5.49. The minimum atomic E-state index is -1.37. The second-order valence-electron chi connectivity index (χ2n) is 6.51. The first kappa shape index (κ1) is 18.8. The SMILES string of the molecule is OC[C@H]1O[C@H](c2cccc(CC=Cc3ccccc3)c2)[C@@H](O)[C@@H](O)[C@@H]1O. The molecule has 0 unspecified atom stereocenters. The van der Waals surface area contributed by atoms with Gasteiger partial charge in [0.05, 0.1) is 6.61 Å². The van der Waals surface area contributed by atoms with E-state index in [-0.39, 0.29) is 0 Å². The largest absolute Gasteiger partial charge is 0.394 e. The molecule has 1 fully saturated rings. The maximum absolute atomic E-state index is 10.3. The lowest BCUT2D eigenvalue weighted by Crippen LogP contribution is -2.55. The Hall–Kier alpha value is -2.02. The maximum atomic E-state index is 10.3. The van der Waals surface area contributed by atoms with Crippen LogP contribution in [0.2, 0.25) is 0 Å². The summed E-state index contributed by atoms with van der Waals surface area (Å²) >= 11 is 0. The number of ether oxygens (including phenoxy) is 1. The van der Waals surface area contributed by atoms with Gasteiger partial charge in [0, 0.05) is 0 Å². The highest BCUT2D eigenvalue weighted by Crippen LogP contribution is 2.32. The smallest absolute Gasteiger partial charge is 0.113 e. The van der Waals surface area contributed by atoms with Crippen LogP contribution in [-0.4, -0.2) is 51.4 Å². The average molecular weight is 356 g/mol. The Morgan fingerprint density at radius 3 is 2.38 bits per heavy atom. The number of benzene rings is 2. The zero-order chi connectivity index (χ0) is 18.5. The Kier molecular flexibility index (Phi) is 6.19. The molecule has 0 spiro atoms. The van der Waals surface area contributed by atoms with Crippen LogP contribution < -0.4 is 0 Å². The molecule has 0 aliphatic carbocycles. The Bertz CT molecular complexity index is 728. The third-order valence-electron chi connectivity index (χ3n) is 4.64. The molecule has 1 saturated heterocycles. The number of hydrogen-bond acceptors (Lipinski definition) is 5. The van der Waals surface area contributed by atoms with E-state index in [0.29, 0.717) is 12.0 Å². The Balaban J connectivity index is 1.73. The van der Waals surface area contributed by atoms with Crippen molar-refractivity contribution in [3.05, 3.63) is 77.4 Å². The Labute approximate surface area is 152 Å². The number of aliphatic hydroxyl groups is 4. The fourth-order valence-corrected chi connectivity index (χ4v) is 3.17. The molecule has 0 amide bonds. The van der Waals surface area contributed by atoms with Crippen LogP contribution >= 0.6 is 0 Å². The number of rotatable bonds is 5. The minimum absolute atomic E-state index is 0.430. The zero-order valence-electron chi connectivity index (χ0n) is 14.3. The summed E-state index contributed by atoms with van der Waals surface area (Å²) in [5.41, 5.74) is 2.86. The third-order valence-corrected chi connectivity index (χ3v) is 4.64. The zero-order valence-corrected chi connectivity index (χ0v) is 14.3. The normalized spacial score (nSPS) is 29.2. The Morgan fingerprint density at radius 1 is 0.885 bits per heavy atom. The van der Waals surface area contributed by atoms with E-state index in [1.165, 1.54) is 0 Å². The molecule has 2 aromatic rings. The highest BCUT2D eigenvalue weighted by Gasteiger charge is 2.43. The number of hydrogen-bond donors (Lipinski definition) is 4. The van der Waals surface area contributed by atoms with Crippen molar-refractivity contribution >= 4 is 6.08 Å². The second-order valence-corrected chi connectivity index (χ2v) is 6.51. The number of aliphatic hydroxyl groups excluding tert-OH is 4. The topological polar surface area (TPSA) is 90.2 Å². The van der Waals surface area contributed by atoms with E-state index in [4.69, 9.17) is 4.74 Å². The van der Waals surface area contributed by atoms with Crippen LogP contribution in [0.3, 0.4) is 0 Å². The molecule has 5 heteroatoms. The standard InChI is InChI=1S/C21H24O5/c22-13-17-18(23)19(24)20(25)21(26-17)16-11-5-10-15(12-16)9-4-8-14-6-2-1-3-7-14/h1-8,10-12,17-25H,9,13H2/t17-,18-,19+,20+,21-/m1/s1. The van der Waals surface area contributed by atoms with Crippen molar-refractivity contribution in [2.24, 2.45) is 0 Å². The molecule has 4 N–H and O–H groups in total. The molecule has 5 atom stereocenters. The van der Waals surface area contributed by atoms with Crippen molar-refractivity contribution in [2.45, 2.75) is 36.9 Å². The molecule has 26 heavy (non-hydrogen) atoms. The van der Waals surface area contributed by atoms with Gasteiger partial charge in [0.15, 0.2) is 0 Å². The summed E-state index contributed by atoms with van der Waals surface area (Å²) in [5.74, 6) is 0. The van der Waals surface area contributed by atoms with Gasteiger partial charge in [-0.3, -0.25) is 0 Å². The summed E-state index contributed by atoms with van der Waals surface area (Å²) in [5, 5.41) is 39.4. The molecule has 1 heterocycles. The second kappa shape index (κ2) is 8.58. The summed E-state index contributed by atoms with van der Waals surface area (Å²) in [6, 6.07) is 17.5. The van der Waals surface area contributed by atoms with Crippen LogP contribution in [0.25, 0.3) is 6.08 Å². The fourth-order valence-electron chi connectivity index (χ4n) is 3.17. The van der Waals surface area contributed by atoms with Crippen molar-refractivity contribution in [2.75, 3.05) is 6.61 Å². The van der Waals surface area contributed by atoms with E-state index >= 15 is 0 Å². The van der Waals surface area contributed by atoms with Gasteiger partial charge in [-0.15, -0.1) is 0 Å². The van der Waals surface area contributed by atoms with Gasteiger partial charge >= 0.3 is 0 Å². The third kappa shape index (κ3) is 4.20. The lowest BCUT2D eigenvalue weighted by atomic mass is 9.90. The van der Waals surface area contributed by atoms with Gasteiger partial charge < -0.3 is 25.2 Å². The average Bonchev–Trinajstić information content (AvgIpc) is 2.67. The molecule has 3 rings (SSSR count). The molecular formula is C21H24O5. The summed E-state index contributed by atoms with van der Waals surface area (Å²) in [6.45, 7) is -0.430. The molecular weight excluding hydrogens is 332 g/mol. The molecule has 2 aromatic carbocycles. The van der Waals surface area contributed by atoms with Crippen molar-refractivity contribution < 1.29 is 25.2 Å². The van der Waals surface area contributed by atoms with Gasteiger partial charge in [0.2, 0.25) is 0 Å². The van der Waals surface area contributed by atoms with E-state index in [1.54, 1.807) is 6.07 Å². The summed E-state index contributed by atoms with van der Waals surface area (Å²) in [6.07, 6.45) is -0.870. The molecule has 138 valence electrons. The quantitative estimate of drug-likeness (QED) is 0.651. The van der Waals surface area contributed by atoms with E-state index in [0.717, 1.165) is 11.1 Å². The molecule has 0 aromatic heterocycles. The predicted molar refractivity (Wildman–Crippen MR) is 98.3 cm³/mol.